The Bertz CT molecular complexity index is 570. The summed E-state index contributed by atoms with van der Waals surface area (Å²) in [5, 5.41) is 4.79. The molecule has 4 heteroatoms. The van der Waals surface area contributed by atoms with E-state index in [1.54, 1.807) is 0 Å². The van der Waals surface area contributed by atoms with E-state index in [2.05, 4.69) is 27.3 Å². The van der Waals surface area contributed by atoms with Gasteiger partial charge < -0.3 is 5.32 Å². The summed E-state index contributed by atoms with van der Waals surface area (Å²) >= 11 is 15.6. The molecule has 2 aromatic rings. The quantitative estimate of drug-likeness (QED) is 0.755. The maximum absolute atomic E-state index is 6.11. The van der Waals surface area contributed by atoms with E-state index in [9.17, 15) is 0 Å². The van der Waals surface area contributed by atoms with Gasteiger partial charge in [0.15, 0.2) is 0 Å². The van der Waals surface area contributed by atoms with Crippen molar-refractivity contribution in [1.29, 1.82) is 0 Å². The van der Waals surface area contributed by atoms with Gasteiger partial charge in [-0.15, -0.1) is 0 Å². The van der Waals surface area contributed by atoms with Crippen LogP contribution < -0.4 is 5.32 Å². The summed E-state index contributed by atoms with van der Waals surface area (Å²) in [7, 11) is 0. The highest BCUT2D eigenvalue weighted by molar-refractivity contribution is 9.10. The first-order valence-electron chi connectivity index (χ1n) is 5.50. The van der Waals surface area contributed by atoms with Crippen LogP contribution >= 0.6 is 39.1 Å². The minimum atomic E-state index is 0.691. The Labute approximate surface area is 125 Å². The molecule has 0 aliphatic heterocycles. The van der Waals surface area contributed by atoms with E-state index >= 15 is 0 Å². The second-order valence-corrected chi connectivity index (χ2v) is 5.79. The normalized spacial score (nSPS) is 10.4. The minimum absolute atomic E-state index is 0.691. The maximum atomic E-state index is 6.11. The van der Waals surface area contributed by atoms with Crippen molar-refractivity contribution in [2.75, 3.05) is 5.32 Å². The van der Waals surface area contributed by atoms with Crippen LogP contribution in [-0.4, -0.2) is 0 Å². The van der Waals surface area contributed by atoms with Crippen molar-refractivity contribution in [3.63, 3.8) is 0 Å². The predicted molar refractivity (Wildman–Crippen MR) is 82.7 cm³/mol. The Balaban J connectivity index is 2.11. The largest absolute Gasteiger partial charge is 0.380 e. The third kappa shape index (κ3) is 3.41. The monoisotopic (exact) mass is 343 g/mol. The smallest absolute Gasteiger partial charge is 0.0638 e. The fraction of sp³-hybridized carbons (Fsp3) is 0.143. The molecule has 0 amide bonds. The number of nitrogens with one attached hydrogen (secondary N) is 1. The van der Waals surface area contributed by atoms with Crippen molar-refractivity contribution in [2.24, 2.45) is 0 Å². The SMILES string of the molecule is Cc1ccc(CNc2cc(Br)ccc2Cl)cc1Cl. The van der Waals surface area contributed by atoms with Gasteiger partial charge in [-0.25, -0.2) is 0 Å². The second-order valence-electron chi connectivity index (χ2n) is 4.06. The fourth-order valence-corrected chi connectivity index (χ4v) is 2.33. The number of anilines is 1. The lowest BCUT2D eigenvalue weighted by molar-refractivity contribution is 1.14. The number of hydrogen-bond donors (Lipinski definition) is 1. The zero-order valence-electron chi connectivity index (χ0n) is 9.81. The minimum Gasteiger partial charge on any atom is -0.380 e. The van der Waals surface area contributed by atoms with E-state index in [0.717, 1.165) is 26.3 Å². The van der Waals surface area contributed by atoms with Gasteiger partial charge in [-0.05, 0) is 42.3 Å². The topological polar surface area (TPSA) is 12.0 Å². The van der Waals surface area contributed by atoms with E-state index in [-0.39, 0.29) is 0 Å². The molecule has 0 spiro atoms. The molecule has 0 bridgehead atoms. The number of halogens is 3. The molecule has 1 nitrogen and oxygen atoms in total. The van der Waals surface area contributed by atoms with Gasteiger partial charge in [-0.1, -0.05) is 51.3 Å². The van der Waals surface area contributed by atoms with E-state index < -0.39 is 0 Å². The van der Waals surface area contributed by atoms with Gasteiger partial charge >= 0.3 is 0 Å². The molecule has 0 heterocycles. The third-order valence-corrected chi connectivity index (χ3v) is 3.88. The van der Waals surface area contributed by atoms with Gasteiger partial charge in [0.05, 0.1) is 10.7 Å². The van der Waals surface area contributed by atoms with Crippen LogP contribution in [-0.2, 0) is 6.54 Å². The summed E-state index contributed by atoms with van der Waals surface area (Å²) in [6.07, 6.45) is 0. The van der Waals surface area contributed by atoms with Crippen molar-refractivity contribution in [2.45, 2.75) is 13.5 Å². The van der Waals surface area contributed by atoms with Crippen LogP contribution in [0.15, 0.2) is 40.9 Å². The average Bonchev–Trinajstić information content (AvgIpc) is 2.34. The molecule has 2 rings (SSSR count). The highest BCUT2D eigenvalue weighted by Gasteiger charge is 2.02. The van der Waals surface area contributed by atoms with Crippen LogP contribution in [0.25, 0.3) is 0 Å². The lowest BCUT2D eigenvalue weighted by Crippen LogP contribution is -2.00. The molecule has 0 aromatic heterocycles. The van der Waals surface area contributed by atoms with Crippen LogP contribution in [0, 0.1) is 6.92 Å². The molecule has 0 unspecified atom stereocenters. The van der Waals surface area contributed by atoms with Gasteiger partial charge in [0.25, 0.3) is 0 Å². The standard InChI is InChI=1S/C14H12BrCl2N/c1-9-2-3-10(6-13(9)17)8-18-14-7-11(15)4-5-12(14)16/h2-7,18H,8H2,1H3. The third-order valence-electron chi connectivity index (χ3n) is 2.65. The van der Waals surface area contributed by atoms with E-state index in [1.807, 2.05) is 37.3 Å². The van der Waals surface area contributed by atoms with Gasteiger partial charge in [0.1, 0.15) is 0 Å². The Kier molecular flexibility index (Phi) is 4.55. The first kappa shape index (κ1) is 13.7. The lowest BCUT2D eigenvalue weighted by atomic mass is 10.1. The van der Waals surface area contributed by atoms with Crippen molar-refractivity contribution in [3.05, 3.63) is 62.0 Å². The average molecular weight is 345 g/mol. The molecule has 18 heavy (non-hydrogen) atoms. The number of hydrogen-bond acceptors (Lipinski definition) is 1. The molecule has 0 aliphatic carbocycles. The first-order valence-corrected chi connectivity index (χ1v) is 7.05. The molecule has 0 saturated heterocycles. The molecule has 1 N–H and O–H groups in total. The zero-order chi connectivity index (χ0) is 13.1. The Morgan fingerprint density at radius 3 is 2.56 bits per heavy atom. The van der Waals surface area contributed by atoms with E-state index in [0.29, 0.717) is 11.6 Å². The van der Waals surface area contributed by atoms with Gasteiger partial charge in [-0.3, -0.25) is 0 Å². The molecule has 0 saturated carbocycles. The molecule has 94 valence electrons. The molecule has 2 aromatic carbocycles. The second kappa shape index (κ2) is 5.96. The Hall–Kier alpha value is -0.700. The molecular formula is C14H12BrCl2N. The van der Waals surface area contributed by atoms with Crippen molar-refractivity contribution >= 4 is 44.8 Å². The Morgan fingerprint density at radius 2 is 1.83 bits per heavy atom. The maximum Gasteiger partial charge on any atom is 0.0638 e. The lowest BCUT2D eigenvalue weighted by Gasteiger charge is -2.10. The highest BCUT2D eigenvalue weighted by atomic mass is 79.9. The highest BCUT2D eigenvalue weighted by Crippen LogP contribution is 2.26. The molecular weight excluding hydrogens is 333 g/mol. The van der Waals surface area contributed by atoms with E-state index in [1.165, 1.54) is 0 Å². The van der Waals surface area contributed by atoms with Crippen molar-refractivity contribution < 1.29 is 0 Å². The summed E-state index contributed by atoms with van der Waals surface area (Å²) in [4.78, 5) is 0. The summed E-state index contributed by atoms with van der Waals surface area (Å²) in [6, 6.07) is 11.8. The van der Waals surface area contributed by atoms with Gasteiger partial charge in [0.2, 0.25) is 0 Å². The molecule has 0 aliphatic rings. The fourth-order valence-electron chi connectivity index (χ4n) is 1.58. The van der Waals surface area contributed by atoms with Gasteiger partial charge in [-0.2, -0.15) is 0 Å². The van der Waals surface area contributed by atoms with Crippen LogP contribution in [0.3, 0.4) is 0 Å². The Morgan fingerprint density at radius 1 is 1.06 bits per heavy atom. The summed E-state index contributed by atoms with van der Waals surface area (Å²) in [6.45, 7) is 2.68. The molecule has 0 fully saturated rings. The number of rotatable bonds is 3. The predicted octanol–water partition coefficient (Wildman–Crippen LogP) is 5.68. The van der Waals surface area contributed by atoms with Crippen LogP contribution in [0.1, 0.15) is 11.1 Å². The van der Waals surface area contributed by atoms with Crippen LogP contribution in [0.5, 0.6) is 0 Å². The molecule has 0 atom stereocenters. The zero-order valence-corrected chi connectivity index (χ0v) is 12.9. The van der Waals surface area contributed by atoms with Crippen LogP contribution in [0.2, 0.25) is 10.0 Å². The number of benzene rings is 2. The summed E-state index contributed by atoms with van der Waals surface area (Å²) in [5.41, 5.74) is 3.12. The van der Waals surface area contributed by atoms with Crippen molar-refractivity contribution in [3.8, 4) is 0 Å². The van der Waals surface area contributed by atoms with Gasteiger partial charge in [0, 0.05) is 16.0 Å². The number of aryl methyl sites for hydroxylation is 1. The molecule has 0 radical (unpaired) electrons. The van der Waals surface area contributed by atoms with Crippen molar-refractivity contribution in [1.82, 2.24) is 0 Å². The summed E-state index contributed by atoms with van der Waals surface area (Å²) < 4.78 is 0.997. The summed E-state index contributed by atoms with van der Waals surface area (Å²) in [5.74, 6) is 0. The van der Waals surface area contributed by atoms with E-state index in [4.69, 9.17) is 23.2 Å². The van der Waals surface area contributed by atoms with Crippen LogP contribution in [0.4, 0.5) is 5.69 Å². The first-order chi connectivity index (χ1) is 8.56.